The molecule has 1 aliphatic carbocycles. The lowest BCUT2D eigenvalue weighted by atomic mass is 9.88. The van der Waals surface area contributed by atoms with E-state index in [1.165, 1.54) is 0 Å². The minimum atomic E-state index is -0.586. The summed E-state index contributed by atoms with van der Waals surface area (Å²) in [6.45, 7) is 0.220. The predicted octanol–water partition coefficient (Wildman–Crippen LogP) is 0.577. The number of ether oxygens (including phenoxy) is 1. The van der Waals surface area contributed by atoms with E-state index in [1.807, 2.05) is 4.90 Å². The minimum absolute atomic E-state index is 0.00396. The SMILES string of the molecule is O=C1CN(C2CC3CCC2O3)C(=O)C2(CCCC2)N1. The molecule has 0 aromatic heterocycles. The van der Waals surface area contributed by atoms with Gasteiger partial charge in [-0.05, 0) is 32.1 Å². The Kier molecular flexibility index (Phi) is 2.43. The standard InChI is InChI=1S/C14H20N2O3/c17-12-8-16(10-7-9-3-4-11(10)19-9)13(18)14(15-12)5-1-2-6-14/h9-11H,1-8H2,(H,15,17). The molecule has 104 valence electrons. The molecule has 3 atom stereocenters. The van der Waals surface area contributed by atoms with Crippen LogP contribution in [-0.4, -0.2) is 47.0 Å². The second-order valence-electron chi connectivity index (χ2n) is 6.45. The molecule has 5 nitrogen and oxygen atoms in total. The van der Waals surface area contributed by atoms with E-state index in [0.29, 0.717) is 6.10 Å². The van der Waals surface area contributed by atoms with Crippen LogP contribution in [0.1, 0.15) is 44.9 Å². The van der Waals surface area contributed by atoms with Gasteiger partial charge in [0.25, 0.3) is 0 Å². The van der Waals surface area contributed by atoms with E-state index < -0.39 is 5.54 Å². The van der Waals surface area contributed by atoms with Crippen LogP contribution in [0.5, 0.6) is 0 Å². The fourth-order valence-electron chi connectivity index (χ4n) is 4.39. The molecule has 3 saturated heterocycles. The van der Waals surface area contributed by atoms with E-state index >= 15 is 0 Å². The Balaban J connectivity index is 1.61. The molecule has 4 fully saturated rings. The second kappa shape index (κ2) is 3.95. The van der Waals surface area contributed by atoms with E-state index in [4.69, 9.17) is 4.74 Å². The van der Waals surface area contributed by atoms with E-state index in [2.05, 4.69) is 5.32 Å². The number of hydrogen-bond donors (Lipinski definition) is 1. The smallest absolute Gasteiger partial charge is 0.249 e. The molecule has 0 aromatic rings. The molecule has 1 N–H and O–H groups in total. The van der Waals surface area contributed by atoms with Crippen molar-refractivity contribution in [3.8, 4) is 0 Å². The van der Waals surface area contributed by atoms with Gasteiger partial charge in [-0.2, -0.15) is 0 Å². The van der Waals surface area contributed by atoms with Crippen LogP contribution in [0.15, 0.2) is 0 Å². The van der Waals surface area contributed by atoms with Gasteiger partial charge in [-0.15, -0.1) is 0 Å². The molecule has 19 heavy (non-hydrogen) atoms. The first-order chi connectivity index (χ1) is 9.18. The van der Waals surface area contributed by atoms with Crippen LogP contribution in [0.4, 0.5) is 0 Å². The van der Waals surface area contributed by atoms with Crippen molar-refractivity contribution in [2.75, 3.05) is 6.54 Å². The number of rotatable bonds is 1. The van der Waals surface area contributed by atoms with E-state index in [9.17, 15) is 9.59 Å². The number of amides is 2. The number of carbonyl (C=O) groups is 2. The number of nitrogens with one attached hydrogen (secondary N) is 1. The van der Waals surface area contributed by atoms with Crippen molar-refractivity contribution in [3.05, 3.63) is 0 Å². The van der Waals surface area contributed by atoms with Gasteiger partial charge in [0.05, 0.1) is 18.2 Å². The largest absolute Gasteiger partial charge is 0.373 e. The van der Waals surface area contributed by atoms with Crippen molar-refractivity contribution in [1.29, 1.82) is 0 Å². The van der Waals surface area contributed by atoms with E-state index in [-0.39, 0.29) is 30.5 Å². The molecular weight excluding hydrogens is 244 g/mol. The predicted molar refractivity (Wildman–Crippen MR) is 67.4 cm³/mol. The van der Waals surface area contributed by atoms with Crippen molar-refractivity contribution in [3.63, 3.8) is 0 Å². The molecular formula is C14H20N2O3. The van der Waals surface area contributed by atoms with Crippen LogP contribution in [0.3, 0.4) is 0 Å². The Labute approximate surface area is 112 Å². The Hall–Kier alpha value is -1.10. The summed E-state index contributed by atoms with van der Waals surface area (Å²) in [6, 6.07) is 0.134. The normalized spacial score (nSPS) is 40.2. The molecule has 4 aliphatic rings. The van der Waals surface area contributed by atoms with Crippen LogP contribution >= 0.6 is 0 Å². The lowest BCUT2D eigenvalue weighted by molar-refractivity contribution is -0.153. The Morgan fingerprint density at radius 3 is 2.63 bits per heavy atom. The highest BCUT2D eigenvalue weighted by atomic mass is 16.5. The highest BCUT2D eigenvalue weighted by molar-refractivity contribution is 5.98. The third kappa shape index (κ3) is 1.64. The summed E-state index contributed by atoms with van der Waals surface area (Å²) in [6.07, 6.45) is 7.21. The first-order valence-electron chi connectivity index (χ1n) is 7.45. The van der Waals surface area contributed by atoms with Crippen molar-refractivity contribution in [2.24, 2.45) is 0 Å². The third-order valence-electron chi connectivity index (χ3n) is 5.29. The number of carbonyl (C=O) groups excluding carboxylic acids is 2. The Morgan fingerprint density at radius 2 is 2.00 bits per heavy atom. The van der Waals surface area contributed by atoms with Crippen molar-refractivity contribution in [1.82, 2.24) is 10.2 Å². The summed E-state index contributed by atoms with van der Waals surface area (Å²) in [5.74, 6) is 0.148. The lowest BCUT2D eigenvalue weighted by Crippen LogP contribution is -2.68. The highest BCUT2D eigenvalue weighted by Crippen LogP contribution is 2.40. The summed E-state index contributed by atoms with van der Waals surface area (Å²) >= 11 is 0. The van der Waals surface area contributed by atoms with Crippen molar-refractivity contribution in [2.45, 2.75) is 68.7 Å². The maximum Gasteiger partial charge on any atom is 0.249 e. The zero-order chi connectivity index (χ0) is 13.0. The minimum Gasteiger partial charge on any atom is -0.373 e. The zero-order valence-corrected chi connectivity index (χ0v) is 11.1. The number of piperazine rings is 1. The first-order valence-corrected chi connectivity index (χ1v) is 7.45. The van der Waals surface area contributed by atoms with Crippen LogP contribution in [0, 0.1) is 0 Å². The first kappa shape index (κ1) is 11.7. The Bertz CT molecular complexity index is 430. The van der Waals surface area contributed by atoms with Crippen LogP contribution < -0.4 is 5.32 Å². The molecule has 3 unspecified atom stereocenters. The average molecular weight is 264 g/mol. The van der Waals surface area contributed by atoms with Gasteiger partial charge in [-0.3, -0.25) is 9.59 Å². The van der Waals surface area contributed by atoms with E-state index in [1.54, 1.807) is 0 Å². The fourth-order valence-corrected chi connectivity index (χ4v) is 4.39. The monoisotopic (exact) mass is 264 g/mol. The fraction of sp³-hybridized carbons (Fsp3) is 0.857. The van der Waals surface area contributed by atoms with E-state index in [0.717, 1.165) is 44.9 Å². The zero-order valence-electron chi connectivity index (χ0n) is 11.1. The summed E-state index contributed by atoms with van der Waals surface area (Å²) in [5.41, 5.74) is -0.586. The summed E-state index contributed by atoms with van der Waals surface area (Å²) in [5, 5.41) is 2.97. The van der Waals surface area contributed by atoms with Gasteiger partial charge < -0.3 is 15.0 Å². The van der Waals surface area contributed by atoms with Gasteiger partial charge in [0.15, 0.2) is 0 Å². The van der Waals surface area contributed by atoms with Crippen LogP contribution in [0.2, 0.25) is 0 Å². The van der Waals surface area contributed by atoms with Crippen LogP contribution in [0.25, 0.3) is 0 Å². The molecule has 3 heterocycles. The van der Waals surface area contributed by atoms with Gasteiger partial charge >= 0.3 is 0 Å². The molecule has 3 aliphatic heterocycles. The maximum absolute atomic E-state index is 12.8. The molecule has 1 saturated carbocycles. The van der Waals surface area contributed by atoms with Gasteiger partial charge in [0.1, 0.15) is 12.1 Å². The highest BCUT2D eigenvalue weighted by Gasteiger charge is 2.53. The van der Waals surface area contributed by atoms with Crippen LogP contribution in [-0.2, 0) is 14.3 Å². The molecule has 2 bridgehead atoms. The third-order valence-corrected chi connectivity index (χ3v) is 5.29. The number of fused-ring (bicyclic) bond motifs is 2. The molecule has 0 aromatic carbocycles. The molecule has 4 rings (SSSR count). The molecule has 2 amide bonds. The Morgan fingerprint density at radius 1 is 1.21 bits per heavy atom. The number of nitrogens with zero attached hydrogens (tertiary/aromatic N) is 1. The van der Waals surface area contributed by atoms with Crippen molar-refractivity contribution >= 4 is 11.8 Å². The average Bonchev–Trinajstić information content (AvgIpc) is 3.10. The van der Waals surface area contributed by atoms with Gasteiger partial charge in [-0.1, -0.05) is 12.8 Å². The maximum atomic E-state index is 12.8. The topological polar surface area (TPSA) is 58.6 Å². The summed E-state index contributed by atoms with van der Waals surface area (Å²) in [7, 11) is 0. The number of hydrogen-bond acceptors (Lipinski definition) is 3. The van der Waals surface area contributed by atoms with Gasteiger partial charge in [0.2, 0.25) is 11.8 Å². The molecule has 1 spiro atoms. The van der Waals surface area contributed by atoms with Gasteiger partial charge in [-0.25, -0.2) is 0 Å². The quantitative estimate of drug-likeness (QED) is 0.753. The lowest BCUT2D eigenvalue weighted by Gasteiger charge is -2.43. The van der Waals surface area contributed by atoms with Crippen molar-refractivity contribution < 1.29 is 14.3 Å². The second-order valence-corrected chi connectivity index (χ2v) is 6.45. The summed E-state index contributed by atoms with van der Waals surface area (Å²) in [4.78, 5) is 26.6. The summed E-state index contributed by atoms with van der Waals surface area (Å²) < 4.78 is 5.85. The molecule has 0 radical (unpaired) electrons. The molecule has 5 heteroatoms. The van der Waals surface area contributed by atoms with Gasteiger partial charge in [0, 0.05) is 0 Å².